The first-order chi connectivity index (χ1) is 13.5. The fourth-order valence-electron chi connectivity index (χ4n) is 2.65. The molecule has 1 atom stereocenters. The zero-order valence-corrected chi connectivity index (χ0v) is 16.9. The van der Waals surface area contributed by atoms with Gasteiger partial charge < -0.3 is 15.9 Å². The lowest BCUT2D eigenvalue weighted by atomic mass is 10.1. The summed E-state index contributed by atoms with van der Waals surface area (Å²) in [6.07, 6.45) is 0. The van der Waals surface area contributed by atoms with Crippen LogP contribution in [0, 0.1) is 6.92 Å². The Morgan fingerprint density at radius 1 is 1.21 bits per heavy atom. The highest BCUT2D eigenvalue weighted by Gasteiger charge is 2.20. The van der Waals surface area contributed by atoms with Gasteiger partial charge in [-0.2, -0.15) is 0 Å². The van der Waals surface area contributed by atoms with Crippen LogP contribution < -0.4 is 15.9 Å². The summed E-state index contributed by atoms with van der Waals surface area (Å²) in [7, 11) is 1.62. The zero-order chi connectivity index (χ0) is 20.1. The van der Waals surface area contributed by atoms with Crippen LogP contribution in [0.15, 0.2) is 53.7 Å². The number of thioether (sulfide) groups is 1. The van der Waals surface area contributed by atoms with Crippen LogP contribution in [0.1, 0.15) is 18.1 Å². The first-order valence-corrected chi connectivity index (χ1v) is 9.71. The Labute approximate surface area is 168 Å². The van der Waals surface area contributed by atoms with Crippen LogP contribution in [0.5, 0.6) is 5.75 Å². The summed E-state index contributed by atoms with van der Waals surface area (Å²) in [6, 6.07) is 15.4. The molecule has 1 amide bonds. The highest BCUT2D eigenvalue weighted by molar-refractivity contribution is 8.00. The number of ether oxygens (including phenoxy) is 1. The summed E-state index contributed by atoms with van der Waals surface area (Å²) in [4.78, 5) is 12.4. The van der Waals surface area contributed by atoms with Crippen molar-refractivity contribution in [1.82, 2.24) is 20.2 Å². The fourth-order valence-corrected chi connectivity index (χ4v) is 3.45. The number of hydrogen-bond acceptors (Lipinski definition) is 6. The largest absolute Gasteiger partial charge is 0.497 e. The lowest BCUT2D eigenvalue weighted by molar-refractivity contribution is -0.120. The SMILES string of the molecule is COc1ccc(CNC(=O)[C@H](C)Sc2nnc(-c3ccccc3C)n2N)cc1. The standard InChI is InChI=1S/C20H23N5O2S/c1-13-6-4-5-7-17(13)18-23-24-20(25(18)21)28-14(2)19(26)22-12-15-8-10-16(27-3)11-9-15/h4-11,14H,12,21H2,1-3H3,(H,22,26)/t14-/m0/s1. The maximum Gasteiger partial charge on any atom is 0.233 e. The minimum absolute atomic E-state index is 0.0961. The minimum Gasteiger partial charge on any atom is -0.497 e. The van der Waals surface area contributed by atoms with Crippen molar-refractivity contribution in [3.8, 4) is 17.1 Å². The number of rotatable bonds is 7. The topological polar surface area (TPSA) is 95.1 Å². The van der Waals surface area contributed by atoms with E-state index in [2.05, 4.69) is 15.5 Å². The van der Waals surface area contributed by atoms with Crippen molar-refractivity contribution in [2.45, 2.75) is 30.8 Å². The van der Waals surface area contributed by atoms with Crippen LogP contribution >= 0.6 is 11.8 Å². The summed E-state index contributed by atoms with van der Waals surface area (Å²) in [5.74, 6) is 7.43. The molecule has 0 aliphatic rings. The van der Waals surface area contributed by atoms with Gasteiger partial charge in [-0.3, -0.25) is 4.79 Å². The molecule has 0 saturated carbocycles. The van der Waals surface area contributed by atoms with E-state index in [0.717, 1.165) is 22.4 Å². The molecule has 3 N–H and O–H groups in total. The van der Waals surface area contributed by atoms with Gasteiger partial charge in [-0.15, -0.1) is 10.2 Å². The number of aromatic nitrogens is 3. The summed E-state index contributed by atoms with van der Waals surface area (Å²) < 4.78 is 6.56. The first kappa shape index (κ1) is 19.8. The molecule has 2 aromatic carbocycles. The molecule has 146 valence electrons. The Kier molecular flexibility index (Phi) is 6.20. The average Bonchev–Trinajstić information content (AvgIpc) is 3.07. The van der Waals surface area contributed by atoms with Gasteiger partial charge in [0.15, 0.2) is 5.82 Å². The van der Waals surface area contributed by atoms with Crippen molar-refractivity contribution in [3.05, 3.63) is 59.7 Å². The molecule has 7 nitrogen and oxygen atoms in total. The van der Waals surface area contributed by atoms with E-state index in [-0.39, 0.29) is 11.2 Å². The number of benzene rings is 2. The molecule has 1 aromatic heterocycles. The molecular formula is C20H23N5O2S. The molecule has 3 aromatic rings. The van der Waals surface area contributed by atoms with Gasteiger partial charge in [0.2, 0.25) is 11.1 Å². The minimum atomic E-state index is -0.366. The van der Waals surface area contributed by atoms with E-state index in [1.54, 1.807) is 7.11 Å². The second kappa shape index (κ2) is 8.79. The van der Waals surface area contributed by atoms with Gasteiger partial charge in [0.25, 0.3) is 0 Å². The number of carbonyl (C=O) groups excluding carboxylic acids is 1. The third kappa shape index (κ3) is 4.45. The zero-order valence-electron chi connectivity index (χ0n) is 16.0. The Bertz CT molecular complexity index is 955. The number of nitrogen functional groups attached to an aromatic ring is 1. The van der Waals surface area contributed by atoms with Crippen molar-refractivity contribution in [2.75, 3.05) is 13.0 Å². The van der Waals surface area contributed by atoms with Gasteiger partial charge in [0.05, 0.1) is 12.4 Å². The van der Waals surface area contributed by atoms with Crippen LogP contribution in [0.25, 0.3) is 11.4 Å². The monoisotopic (exact) mass is 397 g/mol. The van der Waals surface area contributed by atoms with Crippen LogP contribution in [0.2, 0.25) is 0 Å². The quantitative estimate of drug-likeness (QED) is 0.470. The van der Waals surface area contributed by atoms with Gasteiger partial charge in [-0.1, -0.05) is 48.2 Å². The molecule has 3 rings (SSSR count). The number of nitrogens with two attached hydrogens (primary N) is 1. The Morgan fingerprint density at radius 2 is 1.93 bits per heavy atom. The van der Waals surface area contributed by atoms with Crippen LogP contribution in [-0.2, 0) is 11.3 Å². The lowest BCUT2D eigenvalue weighted by Gasteiger charge is -2.12. The molecule has 0 bridgehead atoms. The predicted octanol–water partition coefficient (Wildman–Crippen LogP) is 2.77. The maximum absolute atomic E-state index is 12.4. The number of aryl methyl sites for hydroxylation is 1. The molecular weight excluding hydrogens is 374 g/mol. The van der Waals surface area contributed by atoms with E-state index in [1.807, 2.05) is 62.4 Å². The molecule has 8 heteroatoms. The number of nitrogens with one attached hydrogen (secondary N) is 1. The summed E-state index contributed by atoms with van der Waals surface area (Å²) in [5.41, 5.74) is 2.97. The van der Waals surface area contributed by atoms with E-state index >= 15 is 0 Å². The van der Waals surface area contributed by atoms with Crippen molar-refractivity contribution < 1.29 is 9.53 Å². The molecule has 0 unspecified atom stereocenters. The average molecular weight is 398 g/mol. The molecule has 28 heavy (non-hydrogen) atoms. The summed E-state index contributed by atoms with van der Waals surface area (Å²) in [6.45, 7) is 4.25. The number of carbonyl (C=O) groups is 1. The van der Waals surface area contributed by atoms with E-state index in [4.69, 9.17) is 10.6 Å². The Morgan fingerprint density at radius 3 is 2.61 bits per heavy atom. The Balaban J connectivity index is 1.62. The third-order valence-electron chi connectivity index (χ3n) is 4.33. The van der Waals surface area contributed by atoms with Crippen molar-refractivity contribution in [3.63, 3.8) is 0 Å². The molecule has 0 fully saturated rings. The fraction of sp³-hybridized carbons (Fsp3) is 0.250. The normalized spacial score (nSPS) is 11.8. The van der Waals surface area contributed by atoms with E-state index in [9.17, 15) is 4.79 Å². The molecule has 0 spiro atoms. The van der Waals surface area contributed by atoms with Gasteiger partial charge in [-0.05, 0) is 37.1 Å². The predicted molar refractivity (Wildman–Crippen MR) is 111 cm³/mol. The smallest absolute Gasteiger partial charge is 0.233 e. The van der Waals surface area contributed by atoms with Gasteiger partial charge in [0.1, 0.15) is 5.75 Å². The summed E-state index contributed by atoms with van der Waals surface area (Å²) >= 11 is 1.27. The van der Waals surface area contributed by atoms with Crippen LogP contribution in [0.3, 0.4) is 0 Å². The third-order valence-corrected chi connectivity index (χ3v) is 5.38. The maximum atomic E-state index is 12.4. The second-order valence-corrected chi connectivity index (χ2v) is 7.63. The van der Waals surface area contributed by atoms with Gasteiger partial charge in [-0.25, -0.2) is 4.68 Å². The first-order valence-electron chi connectivity index (χ1n) is 8.83. The molecule has 0 saturated heterocycles. The lowest BCUT2D eigenvalue weighted by Crippen LogP contribution is -2.30. The van der Waals surface area contributed by atoms with Gasteiger partial charge in [0, 0.05) is 12.1 Å². The van der Waals surface area contributed by atoms with Crippen molar-refractivity contribution in [2.24, 2.45) is 0 Å². The Hall–Kier alpha value is -3.00. The van der Waals surface area contributed by atoms with E-state index in [0.29, 0.717) is 17.5 Å². The number of hydrogen-bond donors (Lipinski definition) is 2. The molecule has 0 radical (unpaired) electrons. The number of nitrogens with zero attached hydrogens (tertiary/aromatic N) is 3. The molecule has 1 heterocycles. The number of amides is 1. The van der Waals surface area contributed by atoms with Crippen LogP contribution in [0.4, 0.5) is 0 Å². The molecule has 0 aliphatic carbocycles. The highest BCUT2D eigenvalue weighted by Crippen LogP contribution is 2.26. The number of methoxy groups -OCH3 is 1. The van der Waals surface area contributed by atoms with Gasteiger partial charge >= 0.3 is 0 Å². The second-order valence-electron chi connectivity index (χ2n) is 6.32. The van der Waals surface area contributed by atoms with Crippen molar-refractivity contribution >= 4 is 17.7 Å². The summed E-state index contributed by atoms with van der Waals surface area (Å²) in [5, 5.41) is 11.4. The highest BCUT2D eigenvalue weighted by atomic mass is 32.2. The van der Waals surface area contributed by atoms with E-state index < -0.39 is 0 Å². The van der Waals surface area contributed by atoms with Crippen molar-refractivity contribution in [1.29, 1.82) is 0 Å². The molecule has 0 aliphatic heterocycles. The van der Waals surface area contributed by atoms with E-state index in [1.165, 1.54) is 16.4 Å². The van der Waals surface area contributed by atoms with Crippen LogP contribution in [-0.4, -0.2) is 33.1 Å².